The van der Waals surface area contributed by atoms with Crippen molar-refractivity contribution in [3.8, 4) is 0 Å². The van der Waals surface area contributed by atoms with Gasteiger partial charge in [-0.1, -0.05) is 48.5 Å². The number of para-hydroxylation sites is 1. The maximum atomic E-state index is 11.7. The van der Waals surface area contributed by atoms with Gasteiger partial charge in [-0.25, -0.2) is 0 Å². The third-order valence-corrected chi connectivity index (χ3v) is 5.43. The van der Waals surface area contributed by atoms with Crippen molar-refractivity contribution in [1.82, 2.24) is 14.9 Å². The Morgan fingerprint density at radius 2 is 1.61 bits per heavy atom. The first kappa shape index (κ1) is 20.5. The minimum atomic E-state index is -0.493. The van der Waals surface area contributed by atoms with Crippen molar-refractivity contribution in [2.24, 2.45) is 0 Å². The minimum Gasteiger partial charge on any atom is -0.378 e. The number of piperazine rings is 1. The highest BCUT2D eigenvalue weighted by atomic mass is 16.6. The molecule has 0 unspecified atom stereocenters. The number of anilines is 4. The lowest BCUT2D eigenvalue weighted by Crippen LogP contribution is -2.46. The first-order chi connectivity index (χ1) is 15.0. The number of rotatable bonds is 6. The molecule has 1 aliphatic heterocycles. The Morgan fingerprint density at radius 3 is 2.23 bits per heavy atom. The highest BCUT2D eigenvalue weighted by Gasteiger charge is 2.30. The first-order valence-corrected chi connectivity index (χ1v) is 10.1. The van der Waals surface area contributed by atoms with Crippen molar-refractivity contribution in [1.29, 1.82) is 0 Å². The monoisotopic (exact) mass is 419 g/mol. The normalized spacial score (nSPS) is 14.4. The van der Waals surface area contributed by atoms with Gasteiger partial charge in [0.1, 0.15) is 0 Å². The van der Waals surface area contributed by atoms with Crippen molar-refractivity contribution in [2.45, 2.75) is 6.54 Å². The molecule has 2 heterocycles. The number of benzene rings is 2. The minimum absolute atomic E-state index is 0.125. The van der Waals surface area contributed by atoms with Crippen molar-refractivity contribution in [2.75, 3.05) is 48.8 Å². The van der Waals surface area contributed by atoms with Crippen LogP contribution in [0, 0.1) is 10.1 Å². The van der Waals surface area contributed by atoms with Gasteiger partial charge in [0.05, 0.1) is 4.92 Å². The smallest absolute Gasteiger partial charge is 0.353 e. The Balaban J connectivity index is 1.57. The highest BCUT2D eigenvalue weighted by Crippen LogP contribution is 2.34. The molecule has 9 heteroatoms. The molecule has 3 aromatic rings. The van der Waals surface area contributed by atoms with Crippen LogP contribution in [-0.4, -0.2) is 53.0 Å². The fourth-order valence-electron chi connectivity index (χ4n) is 3.72. The van der Waals surface area contributed by atoms with E-state index in [1.54, 1.807) is 4.90 Å². The average Bonchev–Trinajstić information content (AvgIpc) is 2.79. The van der Waals surface area contributed by atoms with Crippen LogP contribution in [0.2, 0.25) is 0 Å². The van der Waals surface area contributed by atoms with Crippen molar-refractivity contribution in [3.05, 3.63) is 76.3 Å². The van der Waals surface area contributed by atoms with Crippen LogP contribution in [-0.2, 0) is 6.54 Å². The van der Waals surface area contributed by atoms with Gasteiger partial charge in [-0.2, -0.15) is 9.97 Å². The van der Waals surface area contributed by atoms with Gasteiger partial charge in [-0.05, 0) is 17.7 Å². The lowest BCUT2D eigenvalue weighted by molar-refractivity contribution is -0.383. The molecule has 0 atom stereocenters. The van der Waals surface area contributed by atoms with Gasteiger partial charge in [0.25, 0.3) is 0 Å². The summed E-state index contributed by atoms with van der Waals surface area (Å²) in [5.74, 6) is 0.477. The lowest BCUT2D eigenvalue weighted by Gasteiger charge is -2.35. The molecule has 0 radical (unpaired) electrons. The predicted octanol–water partition coefficient (Wildman–Crippen LogP) is 3.06. The van der Waals surface area contributed by atoms with Gasteiger partial charge < -0.3 is 15.5 Å². The van der Waals surface area contributed by atoms with Crippen LogP contribution in [0.1, 0.15) is 5.56 Å². The van der Waals surface area contributed by atoms with Crippen LogP contribution in [0.15, 0.2) is 60.7 Å². The Morgan fingerprint density at radius 1 is 1.00 bits per heavy atom. The van der Waals surface area contributed by atoms with Crippen molar-refractivity contribution in [3.63, 3.8) is 0 Å². The van der Waals surface area contributed by atoms with E-state index in [1.807, 2.05) is 60.5 Å². The zero-order valence-corrected chi connectivity index (χ0v) is 17.4. The van der Waals surface area contributed by atoms with Gasteiger partial charge in [0.2, 0.25) is 17.6 Å². The van der Waals surface area contributed by atoms with Gasteiger partial charge in [0.15, 0.2) is 0 Å². The highest BCUT2D eigenvalue weighted by molar-refractivity contribution is 5.72. The van der Waals surface area contributed by atoms with Gasteiger partial charge in [-0.3, -0.25) is 15.0 Å². The number of nitrogens with zero attached hydrogens (tertiary/aromatic N) is 6. The van der Waals surface area contributed by atoms with Crippen molar-refractivity contribution >= 4 is 29.0 Å². The summed E-state index contributed by atoms with van der Waals surface area (Å²) in [4.78, 5) is 26.1. The lowest BCUT2D eigenvalue weighted by atomic mass is 10.2. The Labute approximate surface area is 180 Å². The molecule has 4 rings (SSSR count). The fraction of sp³-hybridized carbons (Fsp3) is 0.273. The number of nitrogens with two attached hydrogens (primary N) is 1. The van der Waals surface area contributed by atoms with Crippen LogP contribution >= 0.6 is 0 Å². The van der Waals surface area contributed by atoms with E-state index in [9.17, 15) is 10.1 Å². The zero-order chi connectivity index (χ0) is 21.8. The van der Waals surface area contributed by atoms with E-state index in [-0.39, 0.29) is 17.3 Å². The quantitative estimate of drug-likeness (QED) is 0.480. The second-order valence-corrected chi connectivity index (χ2v) is 7.48. The van der Waals surface area contributed by atoms with E-state index < -0.39 is 4.92 Å². The molecule has 2 aromatic carbocycles. The Hall–Kier alpha value is -3.72. The number of aromatic nitrogens is 2. The summed E-state index contributed by atoms with van der Waals surface area (Å²) in [7, 11) is 1.82. The SMILES string of the molecule is CN(c1ccccc1)c1nc(N)c([N+](=O)[O-])c(N2CCN(Cc3ccccc3)CC2)n1. The standard InChI is InChI=1S/C22H25N7O2/c1-26(18-10-6-3-7-11-18)22-24-20(23)19(29(30)31)21(25-22)28-14-12-27(13-15-28)16-17-8-4-2-5-9-17/h2-11H,12-16H2,1H3,(H2,23,24,25). The summed E-state index contributed by atoms with van der Waals surface area (Å²) in [5, 5.41) is 11.7. The Bertz CT molecular complexity index is 1040. The van der Waals surface area contributed by atoms with E-state index in [4.69, 9.17) is 5.73 Å². The molecule has 0 saturated carbocycles. The molecular weight excluding hydrogens is 394 g/mol. The topological polar surface area (TPSA) is 105 Å². The maximum Gasteiger partial charge on any atom is 0.353 e. The molecular formula is C22H25N7O2. The molecule has 1 aliphatic rings. The summed E-state index contributed by atoms with van der Waals surface area (Å²) in [6.45, 7) is 3.65. The predicted molar refractivity (Wildman–Crippen MR) is 122 cm³/mol. The molecule has 1 fully saturated rings. The summed E-state index contributed by atoms with van der Waals surface area (Å²) < 4.78 is 0. The van der Waals surface area contributed by atoms with Gasteiger partial charge >= 0.3 is 5.69 Å². The fourth-order valence-corrected chi connectivity index (χ4v) is 3.72. The summed E-state index contributed by atoms with van der Waals surface area (Å²) in [6, 6.07) is 19.9. The molecule has 160 valence electrons. The average molecular weight is 419 g/mol. The van der Waals surface area contributed by atoms with Gasteiger partial charge in [0, 0.05) is 45.5 Å². The molecule has 2 N–H and O–H groups in total. The molecule has 1 aromatic heterocycles. The van der Waals surface area contributed by atoms with Crippen LogP contribution in [0.25, 0.3) is 0 Å². The van der Waals surface area contributed by atoms with E-state index in [0.29, 0.717) is 19.0 Å². The third kappa shape index (κ3) is 4.56. The second kappa shape index (κ2) is 8.97. The van der Waals surface area contributed by atoms with E-state index in [2.05, 4.69) is 27.0 Å². The van der Waals surface area contributed by atoms with Crippen LogP contribution in [0.3, 0.4) is 0 Å². The second-order valence-electron chi connectivity index (χ2n) is 7.48. The van der Waals surface area contributed by atoms with Gasteiger partial charge in [-0.15, -0.1) is 0 Å². The molecule has 9 nitrogen and oxygen atoms in total. The van der Waals surface area contributed by atoms with Crippen LogP contribution in [0.4, 0.5) is 29.0 Å². The number of hydrogen-bond acceptors (Lipinski definition) is 8. The molecule has 31 heavy (non-hydrogen) atoms. The zero-order valence-electron chi connectivity index (χ0n) is 17.4. The molecule has 0 bridgehead atoms. The van der Waals surface area contributed by atoms with E-state index >= 15 is 0 Å². The number of hydrogen-bond donors (Lipinski definition) is 1. The summed E-state index contributed by atoms with van der Waals surface area (Å²) in [5.41, 5.74) is 7.90. The maximum absolute atomic E-state index is 11.7. The molecule has 0 amide bonds. The first-order valence-electron chi connectivity index (χ1n) is 10.1. The van der Waals surface area contributed by atoms with Crippen molar-refractivity contribution < 1.29 is 4.92 Å². The van der Waals surface area contributed by atoms with E-state index in [1.165, 1.54) is 5.56 Å². The van der Waals surface area contributed by atoms with Crippen LogP contribution in [0.5, 0.6) is 0 Å². The molecule has 1 saturated heterocycles. The molecule has 0 spiro atoms. The third-order valence-electron chi connectivity index (χ3n) is 5.43. The summed E-state index contributed by atoms with van der Waals surface area (Å²) in [6.07, 6.45) is 0. The molecule has 0 aliphatic carbocycles. The number of nitrogen functional groups attached to an aromatic ring is 1. The largest absolute Gasteiger partial charge is 0.378 e. The van der Waals surface area contributed by atoms with Crippen LogP contribution < -0.4 is 15.5 Å². The number of nitro groups is 1. The summed E-state index contributed by atoms with van der Waals surface area (Å²) >= 11 is 0. The van der Waals surface area contributed by atoms with E-state index in [0.717, 1.165) is 25.3 Å². The Kier molecular flexibility index (Phi) is 5.94.